The normalized spacial score (nSPS) is 13.3. The molecule has 0 radical (unpaired) electrons. The Morgan fingerprint density at radius 2 is 2.05 bits per heavy atom. The molecule has 5 nitrogen and oxygen atoms in total. The average Bonchev–Trinajstić information content (AvgIpc) is 2.50. The Morgan fingerprint density at radius 3 is 2.62 bits per heavy atom. The smallest absolute Gasteiger partial charge is 0.311 e. The molecule has 0 bridgehead atoms. The zero-order valence-corrected chi connectivity index (χ0v) is 12.8. The third kappa shape index (κ3) is 5.10. The van der Waals surface area contributed by atoms with Crippen molar-refractivity contribution in [2.75, 3.05) is 13.2 Å². The maximum absolute atomic E-state index is 11.7. The molecule has 0 saturated heterocycles. The predicted octanol–water partition coefficient (Wildman–Crippen LogP) is 2.24. The highest BCUT2D eigenvalue weighted by Gasteiger charge is 2.31. The standard InChI is InChI=1S/C16H23NO4/c1-4-12-7-6-8-13(9-12)21-10-14(18)17-11-16(3,5-2)15(19)20/h6-9H,4-5,10-11H2,1-3H3,(H,17,18)(H,19,20). The van der Waals surface area contributed by atoms with E-state index in [0.717, 1.165) is 12.0 Å². The fourth-order valence-corrected chi connectivity index (χ4v) is 1.70. The second kappa shape index (κ2) is 7.67. The molecular formula is C16H23NO4. The minimum absolute atomic E-state index is 0.0933. The van der Waals surface area contributed by atoms with Crippen molar-refractivity contribution in [3.8, 4) is 5.75 Å². The molecular weight excluding hydrogens is 270 g/mol. The van der Waals surface area contributed by atoms with Crippen LogP contribution in [0.4, 0.5) is 0 Å². The molecule has 0 saturated carbocycles. The summed E-state index contributed by atoms with van der Waals surface area (Å²) in [6, 6.07) is 7.55. The monoisotopic (exact) mass is 293 g/mol. The number of carboxylic acid groups (broad SMARTS) is 1. The minimum Gasteiger partial charge on any atom is -0.484 e. The summed E-state index contributed by atoms with van der Waals surface area (Å²) in [6.45, 7) is 5.42. The van der Waals surface area contributed by atoms with Crippen LogP contribution in [0.3, 0.4) is 0 Å². The Hall–Kier alpha value is -2.04. The SMILES string of the molecule is CCc1cccc(OCC(=O)NCC(C)(CC)C(=O)O)c1. The van der Waals surface area contributed by atoms with E-state index in [9.17, 15) is 9.59 Å². The molecule has 1 amide bonds. The van der Waals surface area contributed by atoms with E-state index in [2.05, 4.69) is 5.32 Å². The van der Waals surface area contributed by atoms with E-state index in [-0.39, 0.29) is 19.1 Å². The molecule has 1 rings (SSSR count). The van der Waals surface area contributed by atoms with Gasteiger partial charge >= 0.3 is 5.97 Å². The zero-order valence-electron chi connectivity index (χ0n) is 12.8. The van der Waals surface area contributed by atoms with Crippen molar-refractivity contribution in [1.82, 2.24) is 5.32 Å². The summed E-state index contributed by atoms with van der Waals surface area (Å²) in [5.41, 5.74) is 0.190. The maximum Gasteiger partial charge on any atom is 0.311 e. The lowest BCUT2D eigenvalue weighted by Gasteiger charge is -2.23. The van der Waals surface area contributed by atoms with Gasteiger partial charge in [0.05, 0.1) is 5.41 Å². The summed E-state index contributed by atoms with van der Waals surface area (Å²) in [6.07, 6.45) is 1.35. The molecule has 1 aromatic rings. The van der Waals surface area contributed by atoms with E-state index in [1.165, 1.54) is 0 Å². The minimum atomic E-state index is -0.947. The highest BCUT2D eigenvalue weighted by atomic mass is 16.5. The number of carbonyl (C=O) groups excluding carboxylic acids is 1. The molecule has 0 aliphatic heterocycles. The van der Waals surface area contributed by atoms with E-state index < -0.39 is 11.4 Å². The Morgan fingerprint density at radius 1 is 1.33 bits per heavy atom. The first-order valence-corrected chi connectivity index (χ1v) is 7.13. The molecule has 0 aliphatic rings. The number of nitrogens with one attached hydrogen (secondary N) is 1. The number of ether oxygens (including phenoxy) is 1. The molecule has 0 heterocycles. The molecule has 1 aromatic carbocycles. The first-order valence-electron chi connectivity index (χ1n) is 7.13. The van der Waals surface area contributed by atoms with Crippen LogP contribution in [0.15, 0.2) is 24.3 Å². The summed E-state index contributed by atoms with van der Waals surface area (Å²) >= 11 is 0. The third-order valence-electron chi connectivity index (χ3n) is 3.65. The van der Waals surface area contributed by atoms with Crippen LogP contribution in [-0.2, 0) is 16.0 Å². The van der Waals surface area contributed by atoms with Gasteiger partial charge in [0.1, 0.15) is 5.75 Å². The molecule has 5 heteroatoms. The number of carboxylic acids is 1. The van der Waals surface area contributed by atoms with E-state index in [0.29, 0.717) is 12.2 Å². The molecule has 1 unspecified atom stereocenters. The average molecular weight is 293 g/mol. The first kappa shape index (κ1) is 17.0. The molecule has 2 N–H and O–H groups in total. The predicted molar refractivity (Wildman–Crippen MR) is 80.4 cm³/mol. The fraction of sp³-hybridized carbons (Fsp3) is 0.500. The van der Waals surface area contributed by atoms with E-state index in [4.69, 9.17) is 9.84 Å². The van der Waals surface area contributed by atoms with Gasteiger partial charge in [0, 0.05) is 6.54 Å². The molecule has 0 aromatic heterocycles. The number of rotatable bonds is 8. The Kier molecular flexibility index (Phi) is 6.21. The topological polar surface area (TPSA) is 75.6 Å². The van der Waals surface area contributed by atoms with Gasteiger partial charge in [-0.1, -0.05) is 26.0 Å². The third-order valence-corrected chi connectivity index (χ3v) is 3.65. The summed E-state index contributed by atoms with van der Waals surface area (Å²) in [4.78, 5) is 22.9. The summed E-state index contributed by atoms with van der Waals surface area (Å²) < 4.78 is 5.41. The lowest BCUT2D eigenvalue weighted by molar-refractivity contribution is -0.148. The second-order valence-electron chi connectivity index (χ2n) is 5.29. The number of hydrogen-bond donors (Lipinski definition) is 2. The van der Waals surface area contributed by atoms with Crippen LogP contribution < -0.4 is 10.1 Å². The summed E-state index contributed by atoms with van der Waals surface area (Å²) in [5.74, 6) is -0.597. The number of amides is 1. The molecule has 0 aliphatic carbocycles. The molecule has 1 atom stereocenters. The van der Waals surface area contributed by atoms with Gasteiger partial charge in [-0.3, -0.25) is 9.59 Å². The van der Waals surface area contributed by atoms with Crippen molar-refractivity contribution in [1.29, 1.82) is 0 Å². The maximum atomic E-state index is 11.7. The lowest BCUT2D eigenvalue weighted by atomic mass is 9.88. The van der Waals surface area contributed by atoms with Crippen molar-refractivity contribution in [3.63, 3.8) is 0 Å². The van der Waals surface area contributed by atoms with Crippen LogP contribution in [0, 0.1) is 5.41 Å². The number of aryl methyl sites for hydroxylation is 1. The van der Waals surface area contributed by atoms with Gasteiger partial charge in [-0.2, -0.15) is 0 Å². The van der Waals surface area contributed by atoms with Gasteiger partial charge in [0.25, 0.3) is 5.91 Å². The van der Waals surface area contributed by atoms with Crippen LogP contribution in [0.25, 0.3) is 0 Å². The number of hydrogen-bond acceptors (Lipinski definition) is 3. The number of aliphatic carboxylic acids is 1. The van der Waals surface area contributed by atoms with Crippen molar-refractivity contribution < 1.29 is 19.4 Å². The van der Waals surface area contributed by atoms with Crippen molar-refractivity contribution in [3.05, 3.63) is 29.8 Å². The first-order chi connectivity index (χ1) is 9.91. The van der Waals surface area contributed by atoms with Crippen LogP contribution >= 0.6 is 0 Å². The highest BCUT2D eigenvalue weighted by Crippen LogP contribution is 2.19. The molecule has 21 heavy (non-hydrogen) atoms. The zero-order chi connectivity index (χ0) is 15.9. The van der Waals surface area contributed by atoms with Crippen molar-refractivity contribution >= 4 is 11.9 Å². The molecule has 0 fully saturated rings. The molecule has 0 spiro atoms. The van der Waals surface area contributed by atoms with Gasteiger partial charge in [0.15, 0.2) is 6.61 Å². The number of carbonyl (C=O) groups is 2. The van der Waals surface area contributed by atoms with Crippen molar-refractivity contribution in [2.24, 2.45) is 5.41 Å². The highest BCUT2D eigenvalue weighted by molar-refractivity contribution is 5.79. The Balaban J connectivity index is 2.45. The van der Waals surface area contributed by atoms with Crippen LogP contribution in [0.1, 0.15) is 32.8 Å². The second-order valence-corrected chi connectivity index (χ2v) is 5.29. The van der Waals surface area contributed by atoms with Gasteiger partial charge in [-0.15, -0.1) is 0 Å². The lowest BCUT2D eigenvalue weighted by Crippen LogP contribution is -2.42. The van der Waals surface area contributed by atoms with Gasteiger partial charge < -0.3 is 15.2 Å². The van der Waals surface area contributed by atoms with Crippen molar-refractivity contribution in [2.45, 2.75) is 33.6 Å². The number of benzene rings is 1. The van der Waals surface area contributed by atoms with Gasteiger partial charge in [0.2, 0.25) is 0 Å². The van der Waals surface area contributed by atoms with Crippen LogP contribution in [-0.4, -0.2) is 30.1 Å². The van der Waals surface area contributed by atoms with E-state index in [1.807, 2.05) is 25.1 Å². The van der Waals surface area contributed by atoms with Crippen LogP contribution in [0.5, 0.6) is 5.75 Å². The molecule has 116 valence electrons. The quantitative estimate of drug-likeness (QED) is 0.771. The Bertz CT molecular complexity index is 501. The van der Waals surface area contributed by atoms with Gasteiger partial charge in [-0.05, 0) is 37.5 Å². The summed E-state index contributed by atoms with van der Waals surface area (Å²) in [5, 5.41) is 11.7. The van der Waals surface area contributed by atoms with E-state index >= 15 is 0 Å². The fourth-order valence-electron chi connectivity index (χ4n) is 1.70. The van der Waals surface area contributed by atoms with E-state index in [1.54, 1.807) is 19.9 Å². The van der Waals surface area contributed by atoms with Crippen LogP contribution in [0.2, 0.25) is 0 Å². The largest absolute Gasteiger partial charge is 0.484 e. The van der Waals surface area contributed by atoms with Gasteiger partial charge in [-0.25, -0.2) is 0 Å². The summed E-state index contributed by atoms with van der Waals surface area (Å²) in [7, 11) is 0. The Labute approximate surface area is 125 Å².